The fourth-order valence-corrected chi connectivity index (χ4v) is 5.03. The van der Waals surface area contributed by atoms with Gasteiger partial charge in [0.2, 0.25) is 0 Å². The summed E-state index contributed by atoms with van der Waals surface area (Å²) < 4.78 is 32.3. The molecule has 166 valence electrons. The Labute approximate surface area is 188 Å². The van der Waals surface area contributed by atoms with Crippen LogP contribution in [0.5, 0.6) is 0 Å². The first kappa shape index (κ1) is 22.8. The number of sulfonamides is 1. The fourth-order valence-electron chi connectivity index (χ4n) is 2.64. The van der Waals surface area contributed by atoms with E-state index in [-0.39, 0.29) is 21.3 Å². The summed E-state index contributed by atoms with van der Waals surface area (Å²) in [5.41, 5.74) is 7.03. The van der Waals surface area contributed by atoms with Gasteiger partial charge >= 0.3 is 12.0 Å². The van der Waals surface area contributed by atoms with E-state index in [0.29, 0.717) is 16.9 Å². The number of esters is 1. The van der Waals surface area contributed by atoms with Crippen LogP contribution in [0.3, 0.4) is 0 Å². The van der Waals surface area contributed by atoms with Crippen molar-refractivity contribution in [1.29, 1.82) is 5.41 Å². The molecule has 0 aliphatic rings. The van der Waals surface area contributed by atoms with Crippen LogP contribution < -0.4 is 21.1 Å². The molecule has 6 N–H and O–H groups in total. The van der Waals surface area contributed by atoms with Crippen LogP contribution in [-0.4, -0.2) is 33.4 Å². The lowest BCUT2D eigenvalue weighted by molar-refractivity contribution is 0.0602. The zero-order valence-corrected chi connectivity index (χ0v) is 18.3. The highest BCUT2D eigenvalue weighted by molar-refractivity contribution is 7.93. The molecule has 12 heteroatoms. The highest BCUT2D eigenvalue weighted by Crippen LogP contribution is 2.25. The van der Waals surface area contributed by atoms with Crippen LogP contribution >= 0.6 is 11.3 Å². The Morgan fingerprint density at radius 1 is 1.00 bits per heavy atom. The second-order valence-electron chi connectivity index (χ2n) is 6.36. The van der Waals surface area contributed by atoms with E-state index in [1.54, 1.807) is 24.3 Å². The second-order valence-corrected chi connectivity index (χ2v) is 8.93. The molecule has 0 spiro atoms. The molecule has 0 saturated carbocycles. The molecule has 2 aromatic carbocycles. The molecule has 1 aromatic heterocycles. The van der Waals surface area contributed by atoms with Gasteiger partial charge in [0.15, 0.2) is 0 Å². The van der Waals surface area contributed by atoms with Crippen LogP contribution in [0, 0.1) is 5.41 Å². The van der Waals surface area contributed by atoms with Gasteiger partial charge in [0.1, 0.15) is 15.6 Å². The number of anilines is 3. The van der Waals surface area contributed by atoms with Gasteiger partial charge in [-0.1, -0.05) is 12.1 Å². The van der Waals surface area contributed by atoms with Crippen molar-refractivity contribution in [2.24, 2.45) is 5.73 Å². The van der Waals surface area contributed by atoms with Gasteiger partial charge in [-0.25, -0.2) is 18.0 Å². The van der Waals surface area contributed by atoms with E-state index in [1.165, 1.54) is 42.8 Å². The third-order valence-corrected chi connectivity index (χ3v) is 6.56. The number of carbonyl (C=O) groups excluding carboxylic acids is 2. The third kappa shape index (κ3) is 5.42. The SMILES string of the molecule is COC(=O)c1sccc1S(=O)(=O)Nc1ccc(NC(=O)Nc2cccc(C(=N)N)c2)cc1. The van der Waals surface area contributed by atoms with E-state index in [9.17, 15) is 18.0 Å². The summed E-state index contributed by atoms with van der Waals surface area (Å²) in [6.07, 6.45) is 0. The molecule has 0 unspecified atom stereocenters. The topological polar surface area (TPSA) is 163 Å². The molecule has 3 aromatic rings. The van der Waals surface area contributed by atoms with Gasteiger partial charge in [-0.2, -0.15) is 0 Å². The van der Waals surface area contributed by atoms with Gasteiger partial charge in [-0.3, -0.25) is 10.1 Å². The zero-order valence-electron chi connectivity index (χ0n) is 16.7. The third-order valence-electron chi connectivity index (χ3n) is 4.12. The number of urea groups is 1. The minimum Gasteiger partial charge on any atom is -0.465 e. The molecule has 0 aliphatic carbocycles. The van der Waals surface area contributed by atoms with Crippen LogP contribution in [-0.2, 0) is 14.8 Å². The highest BCUT2D eigenvalue weighted by atomic mass is 32.2. The number of thiophene rings is 1. The minimum absolute atomic E-state index is 0.0243. The van der Waals surface area contributed by atoms with Gasteiger partial charge in [0, 0.05) is 22.6 Å². The van der Waals surface area contributed by atoms with Crippen molar-refractivity contribution in [1.82, 2.24) is 0 Å². The number of amidine groups is 1. The lowest BCUT2D eigenvalue weighted by atomic mass is 10.2. The Hall–Kier alpha value is -3.90. The van der Waals surface area contributed by atoms with Crippen molar-refractivity contribution < 1.29 is 22.7 Å². The molecular weight excluding hydrogens is 454 g/mol. The van der Waals surface area contributed by atoms with Crippen molar-refractivity contribution in [3.05, 3.63) is 70.4 Å². The van der Waals surface area contributed by atoms with E-state index in [0.717, 1.165) is 11.3 Å². The van der Waals surface area contributed by atoms with Crippen molar-refractivity contribution in [2.45, 2.75) is 4.90 Å². The molecule has 10 nitrogen and oxygen atoms in total. The number of amides is 2. The van der Waals surface area contributed by atoms with Crippen molar-refractivity contribution in [3.63, 3.8) is 0 Å². The van der Waals surface area contributed by atoms with Crippen molar-refractivity contribution >= 4 is 56.3 Å². The zero-order chi connectivity index (χ0) is 23.3. The van der Waals surface area contributed by atoms with E-state index in [2.05, 4.69) is 20.1 Å². The number of rotatable bonds is 7. The molecule has 0 saturated heterocycles. The van der Waals surface area contributed by atoms with Crippen LogP contribution in [0.4, 0.5) is 21.9 Å². The Morgan fingerprint density at radius 3 is 2.31 bits per heavy atom. The minimum atomic E-state index is -4.01. The van der Waals surface area contributed by atoms with E-state index in [1.807, 2.05) is 0 Å². The summed E-state index contributed by atoms with van der Waals surface area (Å²) in [5, 5.41) is 14.2. The molecule has 32 heavy (non-hydrogen) atoms. The Balaban J connectivity index is 1.66. The largest absolute Gasteiger partial charge is 0.465 e. The van der Waals surface area contributed by atoms with E-state index < -0.39 is 22.0 Å². The maximum Gasteiger partial charge on any atom is 0.349 e. The van der Waals surface area contributed by atoms with Crippen molar-refractivity contribution in [2.75, 3.05) is 22.5 Å². The number of ether oxygens (including phenoxy) is 1. The smallest absolute Gasteiger partial charge is 0.349 e. The van der Waals surface area contributed by atoms with Crippen LogP contribution in [0.2, 0.25) is 0 Å². The predicted octanol–water partition coefficient (Wildman–Crippen LogP) is 3.26. The summed E-state index contributed by atoms with van der Waals surface area (Å²) >= 11 is 0.965. The van der Waals surface area contributed by atoms with Crippen molar-refractivity contribution in [3.8, 4) is 0 Å². The average molecular weight is 474 g/mol. The summed E-state index contributed by atoms with van der Waals surface area (Å²) in [6, 6.07) is 13.3. The quantitative estimate of drug-likeness (QED) is 0.201. The first-order chi connectivity index (χ1) is 15.2. The predicted molar refractivity (Wildman–Crippen MR) is 123 cm³/mol. The maximum atomic E-state index is 12.6. The maximum absolute atomic E-state index is 12.6. The average Bonchev–Trinajstić information content (AvgIpc) is 3.25. The number of carbonyl (C=O) groups is 2. The molecule has 0 fully saturated rings. The lowest BCUT2D eigenvalue weighted by Crippen LogP contribution is -2.20. The van der Waals surface area contributed by atoms with Gasteiger partial charge in [0.25, 0.3) is 10.0 Å². The number of nitrogens with two attached hydrogens (primary N) is 1. The lowest BCUT2D eigenvalue weighted by Gasteiger charge is -2.11. The molecule has 0 atom stereocenters. The van der Waals surface area contributed by atoms with Gasteiger partial charge < -0.3 is 21.1 Å². The van der Waals surface area contributed by atoms with E-state index in [4.69, 9.17) is 11.1 Å². The van der Waals surface area contributed by atoms with E-state index >= 15 is 0 Å². The summed E-state index contributed by atoms with van der Waals surface area (Å²) in [6.45, 7) is 0. The Kier molecular flexibility index (Phi) is 6.76. The standard InChI is InChI=1S/C20H19N5O5S2/c1-30-19(26)17-16(9-10-31-17)32(28,29)25-14-7-5-13(6-8-14)23-20(27)24-15-4-2-3-12(11-15)18(21)22/h2-11,25H,1H3,(H3,21,22)(H2,23,24,27). The first-order valence-corrected chi connectivity index (χ1v) is 11.4. The van der Waals surface area contributed by atoms with Crippen LogP contribution in [0.15, 0.2) is 64.9 Å². The fraction of sp³-hybridized carbons (Fsp3) is 0.0500. The van der Waals surface area contributed by atoms with Crippen LogP contribution in [0.25, 0.3) is 0 Å². The highest BCUT2D eigenvalue weighted by Gasteiger charge is 2.24. The number of benzene rings is 2. The monoisotopic (exact) mass is 473 g/mol. The molecule has 0 aliphatic heterocycles. The molecule has 1 heterocycles. The summed E-state index contributed by atoms with van der Waals surface area (Å²) in [4.78, 5) is 23.8. The molecule has 0 bridgehead atoms. The Morgan fingerprint density at radius 2 is 1.66 bits per heavy atom. The van der Waals surface area contributed by atoms with Gasteiger partial charge in [-0.15, -0.1) is 11.3 Å². The molecular formula is C20H19N5O5S2. The molecule has 3 rings (SSSR count). The number of nitrogen functional groups attached to an aromatic ring is 1. The number of hydrogen-bond acceptors (Lipinski definition) is 7. The molecule has 2 amide bonds. The van der Waals surface area contributed by atoms with Crippen LogP contribution in [0.1, 0.15) is 15.2 Å². The second kappa shape index (κ2) is 9.49. The Bertz CT molecular complexity index is 1270. The number of hydrogen-bond donors (Lipinski definition) is 5. The van der Waals surface area contributed by atoms with Gasteiger partial charge in [-0.05, 0) is 47.8 Å². The number of methoxy groups -OCH3 is 1. The molecule has 0 radical (unpaired) electrons. The normalized spacial score (nSPS) is 10.8. The van der Waals surface area contributed by atoms with Gasteiger partial charge in [0.05, 0.1) is 7.11 Å². The number of nitrogens with one attached hydrogen (secondary N) is 4. The summed E-state index contributed by atoms with van der Waals surface area (Å²) in [5.74, 6) is -0.854. The summed E-state index contributed by atoms with van der Waals surface area (Å²) in [7, 11) is -2.84. The first-order valence-electron chi connectivity index (χ1n) is 9.01.